The summed E-state index contributed by atoms with van der Waals surface area (Å²) in [5.41, 5.74) is 4.32. The van der Waals surface area contributed by atoms with E-state index >= 15 is 0 Å². The summed E-state index contributed by atoms with van der Waals surface area (Å²) in [5, 5.41) is 9.40. The molecule has 7 heteroatoms. The zero-order valence-corrected chi connectivity index (χ0v) is 18.2. The van der Waals surface area contributed by atoms with Crippen molar-refractivity contribution < 1.29 is 4.79 Å². The molecule has 1 amide bonds. The number of pyridine rings is 1. The summed E-state index contributed by atoms with van der Waals surface area (Å²) in [4.78, 5) is 25.7. The molecule has 0 spiro atoms. The highest BCUT2D eigenvalue weighted by molar-refractivity contribution is 6.05. The molecule has 32 heavy (non-hydrogen) atoms. The van der Waals surface area contributed by atoms with Gasteiger partial charge in [-0.25, -0.2) is 15.0 Å². The van der Waals surface area contributed by atoms with Crippen LogP contribution in [0, 0.1) is 20.8 Å². The maximum absolute atomic E-state index is 12.6. The zero-order chi connectivity index (χ0) is 22.5. The number of carbonyl (C=O) groups excluding carboxylic acids is 1. The maximum atomic E-state index is 12.6. The van der Waals surface area contributed by atoms with Gasteiger partial charge in [0.15, 0.2) is 0 Å². The third-order valence-electron chi connectivity index (χ3n) is 4.80. The van der Waals surface area contributed by atoms with Crippen molar-refractivity contribution in [2.45, 2.75) is 20.8 Å². The summed E-state index contributed by atoms with van der Waals surface area (Å²) >= 11 is 0. The second kappa shape index (κ2) is 9.26. The van der Waals surface area contributed by atoms with Crippen LogP contribution < -0.4 is 16.0 Å². The number of benzene rings is 2. The zero-order valence-electron chi connectivity index (χ0n) is 18.2. The van der Waals surface area contributed by atoms with E-state index in [2.05, 4.69) is 30.9 Å². The Balaban J connectivity index is 1.44. The molecule has 0 aliphatic heterocycles. The Kier molecular flexibility index (Phi) is 6.07. The van der Waals surface area contributed by atoms with E-state index in [1.54, 1.807) is 6.20 Å². The highest BCUT2D eigenvalue weighted by Gasteiger charge is 2.10. The van der Waals surface area contributed by atoms with Crippen molar-refractivity contribution in [3.8, 4) is 0 Å². The number of aromatic nitrogens is 3. The number of amides is 1. The molecular weight excluding hydrogens is 400 g/mol. The Bertz CT molecular complexity index is 1240. The molecular formula is C25H24N6O. The Morgan fingerprint density at radius 1 is 0.750 bits per heavy atom. The number of hydrogen-bond acceptors (Lipinski definition) is 6. The third-order valence-corrected chi connectivity index (χ3v) is 4.80. The molecule has 0 aliphatic rings. The smallest absolute Gasteiger partial charge is 0.255 e. The monoisotopic (exact) mass is 424 g/mol. The van der Waals surface area contributed by atoms with Crippen LogP contribution in [-0.4, -0.2) is 20.9 Å². The first kappa shape index (κ1) is 21.0. The quantitative estimate of drug-likeness (QED) is 0.377. The molecule has 0 saturated carbocycles. The van der Waals surface area contributed by atoms with Gasteiger partial charge in [0.25, 0.3) is 5.91 Å². The van der Waals surface area contributed by atoms with E-state index in [4.69, 9.17) is 0 Å². The van der Waals surface area contributed by atoms with Gasteiger partial charge in [0.1, 0.15) is 23.3 Å². The molecule has 4 rings (SSSR count). The van der Waals surface area contributed by atoms with E-state index in [-0.39, 0.29) is 5.91 Å². The van der Waals surface area contributed by atoms with E-state index in [1.807, 2.05) is 87.5 Å². The lowest BCUT2D eigenvalue weighted by atomic mass is 10.1. The summed E-state index contributed by atoms with van der Waals surface area (Å²) in [6.45, 7) is 5.78. The van der Waals surface area contributed by atoms with Gasteiger partial charge in [-0.15, -0.1) is 0 Å². The summed E-state index contributed by atoms with van der Waals surface area (Å²) in [7, 11) is 0. The average Bonchev–Trinajstić information content (AvgIpc) is 2.75. The van der Waals surface area contributed by atoms with Crippen LogP contribution in [0.15, 0.2) is 72.9 Å². The van der Waals surface area contributed by atoms with Gasteiger partial charge >= 0.3 is 0 Å². The minimum absolute atomic E-state index is 0.125. The molecule has 0 saturated heterocycles. The van der Waals surface area contributed by atoms with E-state index < -0.39 is 0 Å². The highest BCUT2D eigenvalue weighted by atomic mass is 16.1. The molecule has 7 nitrogen and oxygen atoms in total. The lowest BCUT2D eigenvalue weighted by Gasteiger charge is -2.11. The predicted molar refractivity (Wildman–Crippen MR) is 128 cm³/mol. The molecule has 4 aromatic rings. The number of aryl methyl sites for hydroxylation is 3. The van der Waals surface area contributed by atoms with Crippen LogP contribution in [-0.2, 0) is 0 Å². The van der Waals surface area contributed by atoms with E-state index in [9.17, 15) is 4.79 Å². The van der Waals surface area contributed by atoms with Crippen molar-refractivity contribution in [2.24, 2.45) is 0 Å². The van der Waals surface area contributed by atoms with Crippen LogP contribution in [0.2, 0.25) is 0 Å². The van der Waals surface area contributed by atoms with Gasteiger partial charge in [-0.1, -0.05) is 23.8 Å². The SMILES string of the molecule is Cc1ccc(C(=O)Nc2ccc(Nc3cc(Nc4ccccn4)nc(C)n3)cc2)c(C)c1. The van der Waals surface area contributed by atoms with Crippen LogP contribution in [0.5, 0.6) is 0 Å². The number of rotatable bonds is 6. The number of nitrogens with one attached hydrogen (secondary N) is 3. The molecule has 2 heterocycles. The molecule has 3 N–H and O–H groups in total. The van der Waals surface area contributed by atoms with E-state index in [0.717, 1.165) is 22.5 Å². The molecule has 2 aromatic heterocycles. The first-order chi connectivity index (χ1) is 15.5. The Morgan fingerprint density at radius 2 is 1.47 bits per heavy atom. The highest BCUT2D eigenvalue weighted by Crippen LogP contribution is 2.22. The van der Waals surface area contributed by atoms with Gasteiger partial charge < -0.3 is 16.0 Å². The van der Waals surface area contributed by atoms with Crippen molar-refractivity contribution in [2.75, 3.05) is 16.0 Å². The van der Waals surface area contributed by atoms with E-state index in [1.165, 1.54) is 0 Å². The Morgan fingerprint density at radius 3 is 2.16 bits per heavy atom. The average molecular weight is 425 g/mol. The Labute approximate surface area is 187 Å². The molecule has 0 radical (unpaired) electrons. The third kappa shape index (κ3) is 5.26. The van der Waals surface area contributed by atoms with Crippen LogP contribution in [0.3, 0.4) is 0 Å². The van der Waals surface area contributed by atoms with Gasteiger partial charge in [-0.2, -0.15) is 0 Å². The minimum Gasteiger partial charge on any atom is -0.340 e. The van der Waals surface area contributed by atoms with Gasteiger partial charge in [0.05, 0.1) is 0 Å². The molecule has 0 fully saturated rings. The standard InChI is InChI=1S/C25H24N6O/c1-16-7-12-21(17(2)14-16)25(32)30-20-10-8-19(9-11-20)29-23-15-24(28-18(3)27-23)31-22-6-4-5-13-26-22/h4-15H,1-3H3,(H,30,32)(H2,26,27,28,29,31). The van der Waals surface area contributed by atoms with Gasteiger partial charge in [0.2, 0.25) is 0 Å². The minimum atomic E-state index is -0.125. The second-order valence-electron chi connectivity index (χ2n) is 7.50. The first-order valence-electron chi connectivity index (χ1n) is 10.3. The maximum Gasteiger partial charge on any atom is 0.255 e. The van der Waals surface area contributed by atoms with Crippen LogP contribution in [0.1, 0.15) is 27.3 Å². The molecule has 160 valence electrons. The van der Waals surface area contributed by atoms with Crippen molar-refractivity contribution in [3.05, 3.63) is 95.4 Å². The number of nitrogens with zero attached hydrogens (tertiary/aromatic N) is 3. The fourth-order valence-electron chi connectivity index (χ4n) is 3.32. The van der Waals surface area contributed by atoms with Gasteiger partial charge in [-0.05, 0) is 68.8 Å². The number of anilines is 5. The normalized spacial score (nSPS) is 10.5. The van der Waals surface area contributed by atoms with Crippen molar-refractivity contribution >= 4 is 34.7 Å². The molecule has 0 aliphatic carbocycles. The lowest BCUT2D eigenvalue weighted by Crippen LogP contribution is -2.13. The van der Waals surface area contributed by atoms with Gasteiger partial charge in [0, 0.05) is 29.2 Å². The van der Waals surface area contributed by atoms with Crippen LogP contribution in [0.4, 0.5) is 28.8 Å². The molecule has 2 aromatic carbocycles. The van der Waals surface area contributed by atoms with Crippen molar-refractivity contribution in [1.82, 2.24) is 15.0 Å². The first-order valence-corrected chi connectivity index (χ1v) is 10.3. The van der Waals surface area contributed by atoms with Crippen molar-refractivity contribution in [3.63, 3.8) is 0 Å². The fourth-order valence-corrected chi connectivity index (χ4v) is 3.32. The van der Waals surface area contributed by atoms with Crippen molar-refractivity contribution in [1.29, 1.82) is 0 Å². The second-order valence-corrected chi connectivity index (χ2v) is 7.50. The van der Waals surface area contributed by atoms with Gasteiger partial charge in [-0.3, -0.25) is 4.79 Å². The molecule has 0 atom stereocenters. The summed E-state index contributed by atoms with van der Waals surface area (Å²) in [6.07, 6.45) is 1.72. The largest absolute Gasteiger partial charge is 0.340 e. The topological polar surface area (TPSA) is 91.8 Å². The summed E-state index contributed by atoms with van der Waals surface area (Å²) in [5.74, 6) is 2.52. The van der Waals surface area contributed by atoms with Crippen LogP contribution >= 0.6 is 0 Å². The number of hydrogen-bond donors (Lipinski definition) is 3. The summed E-state index contributed by atoms with van der Waals surface area (Å²) in [6, 6.07) is 20.7. The molecule has 0 bridgehead atoms. The van der Waals surface area contributed by atoms with E-state index in [0.29, 0.717) is 28.8 Å². The van der Waals surface area contributed by atoms with Crippen LogP contribution in [0.25, 0.3) is 0 Å². The Hall–Kier alpha value is -4.26. The number of carbonyl (C=O) groups is 1. The lowest BCUT2D eigenvalue weighted by molar-refractivity contribution is 0.102. The molecule has 0 unspecified atom stereocenters. The summed E-state index contributed by atoms with van der Waals surface area (Å²) < 4.78 is 0. The predicted octanol–water partition coefficient (Wildman–Crippen LogP) is 5.54. The fraction of sp³-hybridized carbons (Fsp3) is 0.120.